The maximum absolute atomic E-state index is 4.64. The molecule has 0 saturated heterocycles. The average molecular weight is 276 g/mol. The van der Waals surface area contributed by atoms with Crippen molar-refractivity contribution >= 4 is 16.5 Å². The number of rotatable bonds is 7. The second-order valence-corrected chi connectivity index (χ2v) is 5.35. The van der Waals surface area contributed by atoms with E-state index in [2.05, 4.69) is 39.5 Å². The standard InChI is InChI=1S/C14H20N4S/c1-3-6-16-9-13-11-19-14(17-13)18(2)10-12-4-7-15-8-5-12/h4-5,7-8,11,16H,3,6,9-10H2,1-2H3. The van der Waals surface area contributed by atoms with Crippen LogP contribution in [0.25, 0.3) is 0 Å². The van der Waals surface area contributed by atoms with E-state index in [0.717, 1.165) is 36.9 Å². The molecule has 1 N–H and O–H groups in total. The first-order valence-corrected chi connectivity index (χ1v) is 7.42. The lowest BCUT2D eigenvalue weighted by Gasteiger charge is -2.15. The molecule has 0 radical (unpaired) electrons. The van der Waals surface area contributed by atoms with Crippen molar-refractivity contribution in [1.82, 2.24) is 15.3 Å². The number of pyridine rings is 1. The van der Waals surface area contributed by atoms with Gasteiger partial charge in [0, 0.05) is 37.9 Å². The Morgan fingerprint density at radius 2 is 2.11 bits per heavy atom. The van der Waals surface area contributed by atoms with E-state index in [1.165, 1.54) is 5.56 Å². The van der Waals surface area contributed by atoms with Crippen molar-refractivity contribution in [2.75, 3.05) is 18.5 Å². The van der Waals surface area contributed by atoms with Crippen LogP contribution in [0.5, 0.6) is 0 Å². The Kier molecular flexibility index (Phi) is 5.30. The van der Waals surface area contributed by atoms with Crippen molar-refractivity contribution in [3.05, 3.63) is 41.2 Å². The normalized spacial score (nSPS) is 10.6. The van der Waals surface area contributed by atoms with E-state index in [4.69, 9.17) is 0 Å². The summed E-state index contributed by atoms with van der Waals surface area (Å²) < 4.78 is 0. The number of nitrogens with one attached hydrogen (secondary N) is 1. The van der Waals surface area contributed by atoms with Gasteiger partial charge >= 0.3 is 0 Å². The quantitative estimate of drug-likeness (QED) is 0.789. The van der Waals surface area contributed by atoms with Crippen LogP contribution in [0.3, 0.4) is 0 Å². The smallest absolute Gasteiger partial charge is 0.185 e. The van der Waals surface area contributed by atoms with E-state index in [-0.39, 0.29) is 0 Å². The lowest BCUT2D eigenvalue weighted by Crippen LogP contribution is -2.17. The predicted octanol–water partition coefficient (Wildman–Crippen LogP) is 2.67. The number of thiazole rings is 1. The molecule has 0 aliphatic carbocycles. The molecule has 2 rings (SSSR count). The Morgan fingerprint density at radius 1 is 1.32 bits per heavy atom. The maximum Gasteiger partial charge on any atom is 0.185 e. The van der Waals surface area contributed by atoms with Crippen molar-refractivity contribution in [3.8, 4) is 0 Å². The number of hydrogen-bond acceptors (Lipinski definition) is 5. The van der Waals surface area contributed by atoms with Gasteiger partial charge in [-0.15, -0.1) is 11.3 Å². The summed E-state index contributed by atoms with van der Waals surface area (Å²) in [5.74, 6) is 0. The van der Waals surface area contributed by atoms with Crippen LogP contribution in [0.1, 0.15) is 24.6 Å². The highest BCUT2D eigenvalue weighted by atomic mass is 32.1. The minimum absolute atomic E-state index is 0.855. The average Bonchev–Trinajstić information content (AvgIpc) is 2.89. The second kappa shape index (κ2) is 7.21. The molecule has 0 amide bonds. The van der Waals surface area contributed by atoms with E-state index in [0.29, 0.717) is 0 Å². The van der Waals surface area contributed by atoms with Crippen molar-refractivity contribution < 1.29 is 0 Å². The Balaban J connectivity index is 1.90. The van der Waals surface area contributed by atoms with Crippen LogP contribution in [0.15, 0.2) is 29.9 Å². The Labute approximate surface area is 118 Å². The van der Waals surface area contributed by atoms with Crippen molar-refractivity contribution in [2.24, 2.45) is 0 Å². The summed E-state index contributed by atoms with van der Waals surface area (Å²) in [5.41, 5.74) is 2.37. The number of nitrogens with zero attached hydrogens (tertiary/aromatic N) is 3. The lowest BCUT2D eigenvalue weighted by atomic mass is 10.2. The largest absolute Gasteiger partial charge is 0.347 e. The summed E-state index contributed by atoms with van der Waals surface area (Å²) in [7, 11) is 2.07. The molecular formula is C14H20N4S. The summed E-state index contributed by atoms with van der Waals surface area (Å²) in [4.78, 5) is 10.8. The summed E-state index contributed by atoms with van der Waals surface area (Å²) in [5, 5.41) is 6.56. The second-order valence-electron chi connectivity index (χ2n) is 4.51. The molecule has 0 bridgehead atoms. The van der Waals surface area contributed by atoms with Gasteiger partial charge in [-0.25, -0.2) is 4.98 Å². The molecule has 5 heteroatoms. The van der Waals surface area contributed by atoms with E-state index in [1.54, 1.807) is 11.3 Å². The zero-order valence-corrected chi connectivity index (χ0v) is 12.3. The van der Waals surface area contributed by atoms with Crippen LogP contribution in [-0.4, -0.2) is 23.6 Å². The van der Waals surface area contributed by atoms with Crippen molar-refractivity contribution in [3.63, 3.8) is 0 Å². The first kappa shape index (κ1) is 14.0. The van der Waals surface area contributed by atoms with Gasteiger partial charge in [0.25, 0.3) is 0 Å². The van der Waals surface area contributed by atoms with Crippen LogP contribution >= 0.6 is 11.3 Å². The Morgan fingerprint density at radius 3 is 2.84 bits per heavy atom. The first-order chi connectivity index (χ1) is 9.29. The molecule has 0 spiro atoms. The molecule has 2 aromatic heterocycles. The molecule has 0 unspecified atom stereocenters. The van der Waals surface area contributed by atoms with E-state index in [9.17, 15) is 0 Å². The summed E-state index contributed by atoms with van der Waals surface area (Å²) in [6.07, 6.45) is 4.80. The third kappa shape index (κ3) is 4.29. The number of anilines is 1. The van der Waals surface area contributed by atoms with Gasteiger partial charge in [-0.3, -0.25) is 4.98 Å². The molecule has 4 nitrogen and oxygen atoms in total. The van der Waals surface area contributed by atoms with Gasteiger partial charge in [-0.1, -0.05) is 6.92 Å². The molecule has 0 fully saturated rings. The zero-order chi connectivity index (χ0) is 13.5. The van der Waals surface area contributed by atoms with Crippen LogP contribution < -0.4 is 10.2 Å². The van der Waals surface area contributed by atoms with Gasteiger partial charge in [0.1, 0.15) is 0 Å². The highest BCUT2D eigenvalue weighted by Gasteiger charge is 2.07. The molecule has 0 atom stereocenters. The van der Waals surface area contributed by atoms with E-state index in [1.807, 2.05) is 24.5 Å². The number of hydrogen-bond donors (Lipinski definition) is 1. The van der Waals surface area contributed by atoms with Gasteiger partial charge in [0.05, 0.1) is 5.69 Å². The molecule has 102 valence electrons. The zero-order valence-electron chi connectivity index (χ0n) is 11.5. The fourth-order valence-corrected chi connectivity index (χ4v) is 2.57. The molecule has 2 aromatic rings. The van der Waals surface area contributed by atoms with E-state index < -0.39 is 0 Å². The SMILES string of the molecule is CCCNCc1csc(N(C)Cc2ccncc2)n1. The summed E-state index contributed by atoms with van der Waals surface area (Å²) >= 11 is 1.69. The molecule has 2 heterocycles. The monoisotopic (exact) mass is 276 g/mol. The van der Waals surface area contributed by atoms with Crippen molar-refractivity contribution in [1.29, 1.82) is 0 Å². The third-order valence-electron chi connectivity index (χ3n) is 2.77. The highest BCUT2D eigenvalue weighted by molar-refractivity contribution is 7.13. The first-order valence-electron chi connectivity index (χ1n) is 6.54. The summed E-state index contributed by atoms with van der Waals surface area (Å²) in [6.45, 7) is 4.92. The van der Waals surface area contributed by atoms with Gasteiger partial charge in [0.2, 0.25) is 0 Å². The minimum Gasteiger partial charge on any atom is -0.347 e. The van der Waals surface area contributed by atoms with Crippen LogP contribution in [-0.2, 0) is 13.1 Å². The molecule has 0 saturated carbocycles. The minimum atomic E-state index is 0.855. The Hall–Kier alpha value is -1.46. The fraction of sp³-hybridized carbons (Fsp3) is 0.429. The molecule has 19 heavy (non-hydrogen) atoms. The molecular weight excluding hydrogens is 256 g/mol. The number of aromatic nitrogens is 2. The highest BCUT2D eigenvalue weighted by Crippen LogP contribution is 2.20. The predicted molar refractivity (Wildman–Crippen MR) is 80.5 cm³/mol. The van der Waals surface area contributed by atoms with Gasteiger partial charge in [-0.2, -0.15) is 0 Å². The van der Waals surface area contributed by atoms with Crippen LogP contribution in [0, 0.1) is 0 Å². The molecule has 0 aliphatic heterocycles. The van der Waals surface area contributed by atoms with Gasteiger partial charge in [0.15, 0.2) is 5.13 Å². The van der Waals surface area contributed by atoms with Crippen molar-refractivity contribution in [2.45, 2.75) is 26.4 Å². The van der Waals surface area contributed by atoms with Crippen LogP contribution in [0.2, 0.25) is 0 Å². The molecule has 0 aliphatic rings. The fourth-order valence-electron chi connectivity index (χ4n) is 1.78. The Bertz CT molecular complexity index is 483. The molecule has 0 aromatic carbocycles. The van der Waals surface area contributed by atoms with Gasteiger partial charge < -0.3 is 10.2 Å². The summed E-state index contributed by atoms with van der Waals surface area (Å²) in [6, 6.07) is 4.07. The third-order valence-corrected chi connectivity index (χ3v) is 3.77. The van der Waals surface area contributed by atoms with Gasteiger partial charge in [-0.05, 0) is 30.7 Å². The van der Waals surface area contributed by atoms with E-state index >= 15 is 0 Å². The van der Waals surface area contributed by atoms with Crippen LogP contribution in [0.4, 0.5) is 5.13 Å². The topological polar surface area (TPSA) is 41.0 Å². The maximum atomic E-state index is 4.64. The lowest BCUT2D eigenvalue weighted by molar-refractivity contribution is 0.666.